The van der Waals surface area contributed by atoms with Crippen LogP contribution in [0, 0.1) is 10.1 Å². The average Bonchev–Trinajstić information content (AvgIpc) is 2.12. The maximum Gasteiger partial charge on any atom is 0.269 e. The van der Waals surface area contributed by atoms with Gasteiger partial charge in [-0.25, -0.2) is 0 Å². The molecular formula is C10H9NO3. The van der Waals surface area contributed by atoms with Gasteiger partial charge in [-0.15, -0.1) is 0 Å². The van der Waals surface area contributed by atoms with E-state index in [4.69, 9.17) is 4.74 Å². The summed E-state index contributed by atoms with van der Waals surface area (Å²) < 4.78 is 5.42. The molecule has 2 rings (SSSR count). The molecule has 0 saturated carbocycles. The topological polar surface area (TPSA) is 52.4 Å². The summed E-state index contributed by atoms with van der Waals surface area (Å²) in [5, 5.41) is 10.4. The SMILES string of the molecule is O=[N+]([O-])c1ccc(OC2=CCC2)cc1. The molecule has 4 nitrogen and oxygen atoms in total. The summed E-state index contributed by atoms with van der Waals surface area (Å²) in [5.74, 6) is 1.60. The molecule has 1 aliphatic carbocycles. The van der Waals surface area contributed by atoms with E-state index in [-0.39, 0.29) is 5.69 Å². The van der Waals surface area contributed by atoms with Crippen molar-refractivity contribution in [1.29, 1.82) is 0 Å². The first-order valence-corrected chi connectivity index (χ1v) is 4.37. The highest BCUT2D eigenvalue weighted by Gasteiger charge is 2.09. The van der Waals surface area contributed by atoms with Crippen molar-refractivity contribution in [2.24, 2.45) is 0 Å². The minimum atomic E-state index is -0.424. The van der Waals surface area contributed by atoms with Crippen LogP contribution in [0.15, 0.2) is 36.1 Å². The number of hydrogen-bond acceptors (Lipinski definition) is 3. The van der Waals surface area contributed by atoms with Crippen molar-refractivity contribution >= 4 is 5.69 Å². The molecule has 1 aromatic carbocycles. The summed E-state index contributed by atoms with van der Waals surface area (Å²) in [6.45, 7) is 0. The molecule has 14 heavy (non-hydrogen) atoms. The van der Waals surface area contributed by atoms with E-state index >= 15 is 0 Å². The second-order valence-corrected chi connectivity index (χ2v) is 3.06. The van der Waals surface area contributed by atoms with Crippen LogP contribution in [0.3, 0.4) is 0 Å². The first kappa shape index (κ1) is 8.74. The van der Waals surface area contributed by atoms with E-state index < -0.39 is 4.92 Å². The Kier molecular flexibility index (Phi) is 2.18. The van der Waals surface area contributed by atoms with E-state index in [1.807, 2.05) is 6.08 Å². The molecule has 0 aliphatic heterocycles. The number of non-ortho nitro benzene ring substituents is 1. The van der Waals surface area contributed by atoms with Gasteiger partial charge >= 0.3 is 0 Å². The smallest absolute Gasteiger partial charge is 0.269 e. The van der Waals surface area contributed by atoms with Gasteiger partial charge in [-0.05, 0) is 24.6 Å². The van der Waals surface area contributed by atoms with Crippen molar-refractivity contribution in [2.45, 2.75) is 12.8 Å². The fourth-order valence-corrected chi connectivity index (χ4v) is 1.14. The molecule has 0 atom stereocenters. The maximum absolute atomic E-state index is 10.4. The molecule has 4 heteroatoms. The van der Waals surface area contributed by atoms with Gasteiger partial charge in [0, 0.05) is 18.6 Å². The third kappa shape index (κ3) is 1.74. The Balaban J connectivity index is 2.09. The van der Waals surface area contributed by atoms with Crippen LogP contribution in [0.2, 0.25) is 0 Å². The van der Waals surface area contributed by atoms with E-state index in [1.54, 1.807) is 12.1 Å². The summed E-state index contributed by atoms with van der Waals surface area (Å²) >= 11 is 0. The standard InChI is InChI=1S/C10H9NO3/c12-11(13)8-4-6-10(7-5-8)14-9-2-1-3-9/h2,4-7H,1,3H2. The Hall–Kier alpha value is -1.84. The van der Waals surface area contributed by atoms with Gasteiger partial charge < -0.3 is 4.74 Å². The van der Waals surface area contributed by atoms with Gasteiger partial charge in [-0.1, -0.05) is 0 Å². The van der Waals surface area contributed by atoms with Crippen molar-refractivity contribution in [3.05, 3.63) is 46.2 Å². The summed E-state index contributed by atoms with van der Waals surface area (Å²) in [6, 6.07) is 6.09. The van der Waals surface area contributed by atoms with E-state index in [0.717, 1.165) is 18.6 Å². The highest BCUT2D eigenvalue weighted by atomic mass is 16.6. The third-order valence-electron chi connectivity index (χ3n) is 2.06. The molecule has 0 bridgehead atoms. The normalized spacial score (nSPS) is 14.1. The average molecular weight is 191 g/mol. The van der Waals surface area contributed by atoms with Crippen molar-refractivity contribution in [3.8, 4) is 5.75 Å². The highest BCUT2D eigenvalue weighted by Crippen LogP contribution is 2.24. The number of nitro benzene ring substituents is 1. The number of ether oxygens (including phenoxy) is 1. The van der Waals surface area contributed by atoms with Crippen LogP contribution in [0.4, 0.5) is 5.69 Å². The lowest BCUT2D eigenvalue weighted by molar-refractivity contribution is -0.384. The van der Waals surface area contributed by atoms with Crippen LogP contribution >= 0.6 is 0 Å². The van der Waals surface area contributed by atoms with E-state index in [0.29, 0.717) is 5.75 Å². The molecule has 0 amide bonds. The molecule has 0 heterocycles. The molecule has 0 radical (unpaired) electrons. The maximum atomic E-state index is 10.4. The largest absolute Gasteiger partial charge is 0.462 e. The number of allylic oxidation sites excluding steroid dienone is 2. The van der Waals surface area contributed by atoms with Crippen molar-refractivity contribution in [2.75, 3.05) is 0 Å². The molecule has 0 unspecified atom stereocenters. The first-order chi connectivity index (χ1) is 6.75. The Labute approximate surface area is 81.0 Å². The fourth-order valence-electron chi connectivity index (χ4n) is 1.14. The van der Waals surface area contributed by atoms with E-state index in [2.05, 4.69) is 0 Å². The second kappa shape index (κ2) is 3.49. The predicted octanol–water partition coefficient (Wildman–Crippen LogP) is 2.65. The number of benzene rings is 1. The van der Waals surface area contributed by atoms with Gasteiger partial charge in [0.15, 0.2) is 0 Å². The summed E-state index contributed by atoms with van der Waals surface area (Å²) in [5.41, 5.74) is 0.0833. The van der Waals surface area contributed by atoms with Gasteiger partial charge in [0.05, 0.1) is 4.92 Å². The van der Waals surface area contributed by atoms with Crippen LogP contribution in [0.5, 0.6) is 5.75 Å². The third-order valence-corrected chi connectivity index (χ3v) is 2.06. The minimum absolute atomic E-state index is 0.0833. The molecule has 1 aromatic rings. The number of nitrogens with zero attached hydrogens (tertiary/aromatic N) is 1. The molecule has 0 saturated heterocycles. The van der Waals surface area contributed by atoms with Gasteiger partial charge in [-0.3, -0.25) is 10.1 Å². The quantitative estimate of drug-likeness (QED) is 0.545. The lowest BCUT2D eigenvalue weighted by Gasteiger charge is -2.14. The molecule has 1 aliphatic rings. The molecule has 0 spiro atoms. The first-order valence-electron chi connectivity index (χ1n) is 4.37. The monoisotopic (exact) mass is 191 g/mol. The van der Waals surface area contributed by atoms with E-state index in [9.17, 15) is 10.1 Å². The lowest BCUT2D eigenvalue weighted by atomic mass is 10.1. The second-order valence-electron chi connectivity index (χ2n) is 3.06. The van der Waals surface area contributed by atoms with Crippen molar-refractivity contribution < 1.29 is 9.66 Å². The number of nitro groups is 1. The zero-order chi connectivity index (χ0) is 9.97. The van der Waals surface area contributed by atoms with Gasteiger partial charge in [-0.2, -0.15) is 0 Å². The molecule has 0 fully saturated rings. The van der Waals surface area contributed by atoms with E-state index in [1.165, 1.54) is 12.1 Å². The highest BCUT2D eigenvalue weighted by molar-refractivity contribution is 5.37. The van der Waals surface area contributed by atoms with Gasteiger partial charge in [0.25, 0.3) is 5.69 Å². The van der Waals surface area contributed by atoms with Crippen LogP contribution in [0.25, 0.3) is 0 Å². The Morgan fingerprint density at radius 2 is 1.93 bits per heavy atom. The molecule has 72 valence electrons. The van der Waals surface area contributed by atoms with Crippen LogP contribution in [-0.4, -0.2) is 4.92 Å². The van der Waals surface area contributed by atoms with Gasteiger partial charge in [0.2, 0.25) is 0 Å². The molecular weight excluding hydrogens is 182 g/mol. The zero-order valence-corrected chi connectivity index (χ0v) is 7.47. The Morgan fingerprint density at radius 3 is 2.36 bits per heavy atom. The van der Waals surface area contributed by atoms with Crippen molar-refractivity contribution in [1.82, 2.24) is 0 Å². The Morgan fingerprint density at radius 1 is 1.29 bits per heavy atom. The van der Waals surface area contributed by atoms with Crippen LogP contribution < -0.4 is 4.74 Å². The zero-order valence-electron chi connectivity index (χ0n) is 7.47. The van der Waals surface area contributed by atoms with Crippen molar-refractivity contribution in [3.63, 3.8) is 0 Å². The lowest BCUT2D eigenvalue weighted by Crippen LogP contribution is -2.02. The molecule has 0 aromatic heterocycles. The molecule has 0 N–H and O–H groups in total. The van der Waals surface area contributed by atoms with Crippen LogP contribution in [0.1, 0.15) is 12.8 Å². The predicted molar refractivity (Wildman–Crippen MR) is 51.0 cm³/mol. The van der Waals surface area contributed by atoms with Crippen LogP contribution in [-0.2, 0) is 0 Å². The summed E-state index contributed by atoms with van der Waals surface area (Å²) in [7, 11) is 0. The minimum Gasteiger partial charge on any atom is -0.462 e. The number of hydrogen-bond donors (Lipinski definition) is 0. The Bertz CT molecular complexity index is 381. The van der Waals surface area contributed by atoms with Gasteiger partial charge in [0.1, 0.15) is 11.5 Å². The number of rotatable bonds is 3. The summed E-state index contributed by atoms with van der Waals surface area (Å²) in [6.07, 6.45) is 4.01. The fraction of sp³-hybridized carbons (Fsp3) is 0.200. The summed E-state index contributed by atoms with van der Waals surface area (Å²) in [4.78, 5) is 9.93.